The van der Waals surface area contributed by atoms with Crippen molar-refractivity contribution >= 4 is 34.6 Å². The lowest BCUT2D eigenvalue weighted by Crippen LogP contribution is -2.18. The van der Waals surface area contributed by atoms with Gasteiger partial charge in [-0.15, -0.1) is 11.8 Å². The predicted molar refractivity (Wildman–Crippen MR) is 67.2 cm³/mol. The first-order valence-electron chi connectivity index (χ1n) is 4.83. The summed E-state index contributed by atoms with van der Waals surface area (Å²) in [6, 6.07) is 4.80. The summed E-state index contributed by atoms with van der Waals surface area (Å²) in [7, 11) is 0. The van der Waals surface area contributed by atoms with Crippen LogP contribution in [-0.2, 0) is 0 Å². The van der Waals surface area contributed by atoms with Gasteiger partial charge in [0.15, 0.2) is 0 Å². The van der Waals surface area contributed by atoms with Crippen molar-refractivity contribution in [3.63, 3.8) is 0 Å². The predicted octanol–water partition coefficient (Wildman–Crippen LogP) is 1.39. The van der Waals surface area contributed by atoms with E-state index in [1.165, 1.54) is 10.8 Å². The Morgan fingerprint density at radius 1 is 1.29 bits per heavy atom. The molecule has 1 heterocycles. The summed E-state index contributed by atoms with van der Waals surface area (Å²) < 4.78 is 1.23. The number of primary amides is 2. The first kappa shape index (κ1) is 11.5. The number of benzene rings is 1. The van der Waals surface area contributed by atoms with E-state index in [1.54, 1.807) is 23.9 Å². The number of fused-ring (bicyclic) bond motifs is 1. The van der Waals surface area contributed by atoms with Gasteiger partial charge in [0.2, 0.25) is 0 Å². The van der Waals surface area contributed by atoms with Gasteiger partial charge in [-0.05, 0) is 18.4 Å². The molecular weight excluding hydrogens is 238 g/mol. The quantitative estimate of drug-likeness (QED) is 0.788. The van der Waals surface area contributed by atoms with E-state index in [4.69, 9.17) is 11.5 Å². The molecule has 0 bridgehead atoms. The van der Waals surface area contributed by atoms with Crippen LogP contribution in [0.2, 0.25) is 0 Å². The van der Waals surface area contributed by atoms with Crippen molar-refractivity contribution in [2.75, 3.05) is 6.26 Å². The van der Waals surface area contributed by atoms with Crippen molar-refractivity contribution in [2.45, 2.75) is 4.90 Å². The molecule has 88 valence electrons. The van der Waals surface area contributed by atoms with Crippen LogP contribution in [0.5, 0.6) is 0 Å². The summed E-state index contributed by atoms with van der Waals surface area (Å²) in [4.78, 5) is 23.5. The lowest BCUT2D eigenvalue weighted by Gasteiger charge is -2.00. The highest BCUT2D eigenvalue weighted by atomic mass is 32.2. The average molecular weight is 249 g/mol. The molecule has 1 aromatic carbocycles. The largest absolute Gasteiger partial charge is 0.366 e. The van der Waals surface area contributed by atoms with Crippen LogP contribution in [0.15, 0.2) is 29.3 Å². The molecule has 2 aromatic rings. The third-order valence-corrected chi connectivity index (χ3v) is 3.24. The minimum absolute atomic E-state index is 0.298. The lowest BCUT2D eigenvalue weighted by atomic mass is 10.2. The zero-order valence-electron chi connectivity index (χ0n) is 9.14. The van der Waals surface area contributed by atoms with E-state index in [0.29, 0.717) is 16.5 Å². The van der Waals surface area contributed by atoms with Crippen LogP contribution in [0, 0.1) is 0 Å². The van der Waals surface area contributed by atoms with Gasteiger partial charge in [0.05, 0.1) is 11.1 Å². The van der Waals surface area contributed by atoms with Gasteiger partial charge in [-0.3, -0.25) is 9.36 Å². The summed E-state index contributed by atoms with van der Waals surface area (Å²) in [6.45, 7) is 0. The molecule has 5 nitrogen and oxygen atoms in total. The van der Waals surface area contributed by atoms with E-state index in [1.807, 2.05) is 12.3 Å². The van der Waals surface area contributed by atoms with Gasteiger partial charge in [-0.2, -0.15) is 0 Å². The number of thioether (sulfide) groups is 1. The molecule has 6 heteroatoms. The maximum atomic E-state index is 11.3. The maximum absolute atomic E-state index is 11.3. The van der Waals surface area contributed by atoms with Crippen molar-refractivity contribution in [1.82, 2.24) is 4.57 Å². The van der Waals surface area contributed by atoms with Crippen LogP contribution in [0.4, 0.5) is 4.79 Å². The number of carbonyl (C=O) groups excluding carboxylic acids is 2. The molecule has 0 aliphatic heterocycles. The first-order chi connectivity index (χ1) is 8.04. The molecule has 2 amide bonds. The number of carbonyl (C=O) groups is 2. The summed E-state index contributed by atoms with van der Waals surface area (Å²) in [6.07, 6.45) is 3.30. The first-order valence-corrected chi connectivity index (χ1v) is 6.05. The lowest BCUT2D eigenvalue weighted by molar-refractivity contribution is 0.100. The van der Waals surface area contributed by atoms with Gasteiger partial charge < -0.3 is 11.5 Å². The molecule has 0 aliphatic rings. The van der Waals surface area contributed by atoms with E-state index in [0.717, 1.165) is 4.90 Å². The fourth-order valence-corrected chi connectivity index (χ4v) is 2.15. The summed E-state index contributed by atoms with van der Waals surface area (Å²) in [5, 5.41) is 0.633. The Balaban J connectivity index is 2.81. The smallest absolute Gasteiger partial charge is 0.323 e. The minimum atomic E-state index is -0.638. The molecule has 0 unspecified atom stereocenters. The zero-order valence-corrected chi connectivity index (χ0v) is 9.95. The number of aromatic nitrogens is 1. The second-order valence-electron chi connectivity index (χ2n) is 3.50. The fraction of sp³-hybridized carbons (Fsp3) is 0.0909. The van der Waals surface area contributed by atoms with Gasteiger partial charge in [0, 0.05) is 16.5 Å². The highest BCUT2D eigenvalue weighted by Gasteiger charge is 2.15. The molecule has 0 spiro atoms. The van der Waals surface area contributed by atoms with Gasteiger partial charge in [0.1, 0.15) is 0 Å². The summed E-state index contributed by atoms with van der Waals surface area (Å²) >= 11 is 1.54. The van der Waals surface area contributed by atoms with Crippen molar-refractivity contribution in [3.05, 3.63) is 30.0 Å². The normalized spacial score (nSPS) is 10.6. The van der Waals surface area contributed by atoms with Crippen molar-refractivity contribution in [3.8, 4) is 0 Å². The Morgan fingerprint density at radius 3 is 2.53 bits per heavy atom. The van der Waals surface area contributed by atoms with E-state index < -0.39 is 11.9 Å². The van der Waals surface area contributed by atoms with Crippen LogP contribution in [0.1, 0.15) is 10.4 Å². The molecule has 17 heavy (non-hydrogen) atoms. The Hall–Kier alpha value is -1.95. The third kappa shape index (κ3) is 1.87. The topological polar surface area (TPSA) is 91.1 Å². The van der Waals surface area contributed by atoms with E-state index in [9.17, 15) is 9.59 Å². The molecule has 0 saturated carbocycles. The second kappa shape index (κ2) is 4.14. The molecule has 0 fully saturated rings. The number of hydrogen-bond donors (Lipinski definition) is 2. The monoisotopic (exact) mass is 249 g/mol. The van der Waals surface area contributed by atoms with Crippen LogP contribution < -0.4 is 11.5 Å². The zero-order chi connectivity index (χ0) is 12.6. The van der Waals surface area contributed by atoms with Crippen LogP contribution in [-0.4, -0.2) is 22.8 Å². The molecular formula is C11H11N3O2S. The van der Waals surface area contributed by atoms with Crippen LogP contribution in [0.3, 0.4) is 0 Å². The Kier molecular flexibility index (Phi) is 2.81. The number of amides is 2. The molecule has 0 radical (unpaired) electrons. The highest BCUT2D eigenvalue weighted by Crippen LogP contribution is 2.25. The molecule has 1 aromatic heterocycles. The number of nitrogens with two attached hydrogens (primary N) is 2. The molecule has 0 saturated heterocycles. The van der Waals surface area contributed by atoms with Gasteiger partial charge >= 0.3 is 6.03 Å². The SMILES string of the molecule is CSc1ccc2c(C(N)=O)cn(C(N)=O)c2c1. The number of hydrogen-bond acceptors (Lipinski definition) is 3. The van der Waals surface area contributed by atoms with Crippen molar-refractivity contribution in [1.29, 1.82) is 0 Å². The Labute approximate surface area is 102 Å². The second-order valence-corrected chi connectivity index (χ2v) is 4.38. The van der Waals surface area contributed by atoms with Crippen molar-refractivity contribution in [2.24, 2.45) is 11.5 Å². The average Bonchev–Trinajstić information content (AvgIpc) is 2.67. The molecule has 0 atom stereocenters. The molecule has 4 N–H and O–H groups in total. The summed E-state index contributed by atoms with van der Waals surface area (Å²) in [5.41, 5.74) is 11.4. The third-order valence-electron chi connectivity index (χ3n) is 2.52. The Bertz CT molecular complexity index is 618. The standard InChI is InChI=1S/C11H11N3O2S/c1-17-6-2-3-7-8(10(12)15)5-14(11(13)16)9(7)4-6/h2-5H,1H3,(H2,12,15)(H2,13,16). The van der Waals surface area contributed by atoms with E-state index in [-0.39, 0.29) is 0 Å². The molecule has 0 aliphatic carbocycles. The summed E-state index contributed by atoms with van der Waals surface area (Å²) in [5.74, 6) is -0.577. The van der Waals surface area contributed by atoms with Crippen LogP contribution >= 0.6 is 11.8 Å². The molecule has 2 rings (SSSR count). The van der Waals surface area contributed by atoms with Crippen molar-refractivity contribution < 1.29 is 9.59 Å². The highest BCUT2D eigenvalue weighted by molar-refractivity contribution is 7.98. The van der Waals surface area contributed by atoms with Gasteiger partial charge in [0.25, 0.3) is 5.91 Å². The van der Waals surface area contributed by atoms with Gasteiger partial charge in [-0.25, -0.2) is 4.79 Å². The number of rotatable bonds is 2. The van der Waals surface area contributed by atoms with E-state index >= 15 is 0 Å². The van der Waals surface area contributed by atoms with E-state index in [2.05, 4.69) is 0 Å². The van der Waals surface area contributed by atoms with Crippen LogP contribution in [0.25, 0.3) is 10.9 Å². The van der Waals surface area contributed by atoms with Gasteiger partial charge in [-0.1, -0.05) is 6.07 Å². The fourth-order valence-electron chi connectivity index (χ4n) is 1.71. The maximum Gasteiger partial charge on any atom is 0.323 e. The number of nitrogens with zero attached hydrogens (tertiary/aromatic N) is 1. The Morgan fingerprint density at radius 2 is 2.00 bits per heavy atom. The minimum Gasteiger partial charge on any atom is -0.366 e.